The fourth-order valence-corrected chi connectivity index (χ4v) is 5.53. The number of halogens is 1. The Balaban J connectivity index is 1.50. The first-order chi connectivity index (χ1) is 16.3. The van der Waals surface area contributed by atoms with Gasteiger partial charge in [0.1, 0.15) is 11.9 Å². The molecule has 0 aliphatic carbocycles. The number of aromatic nitrogens is 3. The summed E-state index contributed by atoms with van der Waals surface area (Å²) in [7, 11) is -2.45. The van der Waals surface area contributed by atoms with Crippen LogP contribution in [0.3, 0.4) is 0 Å². The van der Waals surface area contributed by atoms with Crippen molar-refractivity contribution in [1.82, 2.24) is 24.2 Å². The Labute approximate surface area is 197 Å². The van der Waals surface area contributed by atoms with Gasteiger partial charge in [0.15, 0.2) is 0 Å². The van der Waals surface area contributed by atoms with E-state index in [9.17, 15) is 17.6 Å². The smallest absolute Gasteiger partial charge is 0.325 e. The highest BCUT2D eigenvalue weighted by Crippen LogP contribution is 2.21. The highest BCUT2D eigenvalue weighted by Gasteiger charge is 2.39. The van der Waals surface area contributed by atoms with Crippen molar-refractivity contribution in [3.8, 4) is 0 Å². The van der Waals surface area contributed by atoms with E-state index in [2.05, 4.69) is 10.3 Å². The van der Waals surface area contributed by atoms with Crippen LogP contribution in [0, 0.1) is 5.82 Å². The quantitative estimate of drug-likeness (QED) is 0.468. The van der Waals surface area contributed by atoms with Crippen LogP contribution in [0.4, 0.5) is 4.39 Å². The van der Waals surface area contributed by atoms with Crippen LogP contribution < -0.4 is 0 Å². The van der Waals surface area contributed by atoms with Crippen molar-refractivity contribution in [3.63, 3.8) is 0 Å². The number of sulfonamides is 1. The minimum atomic E-state index is -3.71. The number of carbonyl (C=O) groups is 1. The van der Waals surface area contributed by atoms with Gasteiger partial charge in [0.25, 0.3) is 0 Å². The van der Waals surface area contributed by atoms with Crippen molar-refractivity contribution in [1.29, 1.82) is 0 Å². The third kappa shape index (κ3) is 5.85. The molecule has 1 aliphatic rings. The van der Waals surface area contributed by atoms with Crippen molar-refractivity contribution < 1.29 is 22.3 Å². The maximum absolute atomic E-state index is 13.1. The predicted molar refractivity (Wildman–Crippen MR) is 122 cm³/mol. The first-order valence-corrected chi connectivity index (χ1v) is 12.4. The van der Waals surface area contributed by atoms with Crippen LogP contribution in [-0.4, -0.2) is 70.6 Å². The predicted octanol–water partition coefficient (Wildman–Crippen LogP) is 1.65. The number of methoxy groups -OCH3 is 1. The van der Waals surface area contributed by atoms with Crippen LogP contribution in [0.5, 0.6) is 0 Å². The summed E-state index contributed by atoms with van der Waals surface area (Å²) in [6, 6.07) is 14.3. The van der Waals surface area contributed by atoms with Gasteiger partial charge in [-0.05, 0) is 23.3 Å². The molecule has 2 aromatic carbocycles. The lowest BCUT2D eigenvalue weighted by molar-refractivity contribution is -0.145. The molecule has 1 saturated heterocycles. The molecule has 0 N–H and O–H groups in total. The van der Waals surface area contributed by atoms with Gasteiger partial charge in [0, 0.05) is 26.2 Å². The SMILES string of the molecule is COC(=O)C1CN(Cc2cn(Cc3ccc(F)cc3)nn2)CCS(=O)(=O)N1Cc1ccccc1. The van der Waals surface area contributed by atoms with Crippen LogP contribution in [0.25, 0.3) is 0 Å². The van der Waals surface area contributed by atoms with E-state index in [-0.39, 0.29) is 31.2 Å². The Morgan fingerprint density at radius 2 is 1.76 bits per heavy atom. The van der Waals surface area contributed by atoms with Crippen molar-refractivity contribution >= 4 is 16.0 Å². The molecule has 4 rings (SSSR count). The van der Waals surface area contributed by atoms with Crippen LogP contribution in [0.1, 0.15) is 16.8 Å². The van der Waals surface area contributed by atoms with Gasteiger partial charge in [0.2, 0.25) is 10.0 Å². The van der Waals surface area contributed by atoms with Crippen LogP contribution in [0.2, 0.25) is 0 Å². The molecule has 1 fully saturated rings. The average Bonchev–Trinajstić information content (AvgIpc) is 3.23. The highest BCUT2D eigenvalue weighted by molar-refractivity contribution is 7.89. The van der Waals surface area contributed by atoms with Crippen molar-refractivity contribution in [2.75, 3.05) is 26.0 Å². The number of benzene rings is 2. The first-order valence-electron chi connectivity index (χ1n) is 10.8. The lowest BCUT2D eigenvalue weighted by Crippen LogP contribution is -2.48. The molecular weight excluding hydrogens is 461 g/mol. The number of ether oxygens (including phenoxy) is 1. The largest absolute Gasteiger partial charge is 0.468 e. The van der Waals surface area contributed by atoms with E-state index in [4.69, 9.17) is 4.74 Å². The summed E-state index contributed by atoms with van der Waals surface area (Å²) < 4.78 is 47.1. The van der Waals surface area contributed by atoms with E-state index < -0.39 is 22.0 Å². The number of rotatable bonds is 7. The lowest BCUT2D eigenvalue weighted by Gasteiger charge is -2.28. The molecule has 3 aromatic rings. The minimum Gasteiger partial charge on any atom is -0.468 e. The van der Waals surface area contributed by atoms with Crippen molar-refractivity contribution in [2.45, 2.75) is 25.7 Å². The molecule has 9 nitrogen and oxygen atoms in total. The molecule has 34 heavy (non-hydrogen) atoms. The second kappa shape index (κ2) is 10.4. The number of nitrogens with zero attached hydrogens (tertiary/aromatic N) is 5. The zero-order chi connectivity index (χ0) is 24.1. The van der Waals surface area contributed by atoms with Gasteiger partial charge in [-0.25, -0.2) is 17.5 Å². The maximum atomic E-state index is 13.1. The fraction of sp³-hybridized carbons (Fsp3) is 0.348. The first kappa shape index (κ1) is 24.0. The molecule has 1 aliphatic heterocycles. The third-order valence-electron chi connectivity index (χ3n) is 5.69. The zero-order valence-electron chi connectivity index (χ0n) is 18.7. The van der Waals surface area contributed by atoms with Gasteiger partial charge >= 0.3 is 5.97 Å². The molecule has 0 saturated carbocycles. The number of carbonyl (C=O) groups excluding carboxylic acids is 1. The van der Waals surface area contributed by atoms with Gasteiger partial charge in [-0.1, -0.05) is 47.7 Å². The molecular formula is C23H26FN5O4S. The maximum Gasteiger partial charge on any atom is 0.325 e. The Morgan fingerprint density at radius 1 is 1.06 bits per heavy atom. The van der Waals surface area contributed by atoms with E-state index >= 15 is 0 Å². The summed E-state index contributed by atoms with van der Waals surface area (Å²) in [5, 5.41) is 8.30. The molecule has 0 spiro atoms. The third-order valence-corrected chi connectivity index (χ3v) is 7.48. The lowest BCUT2D eigenvalue weighted by atomic mass is 10.2. The zero-order valence-corrected chi connectivity index (χ0v) is 19.6. The topological polar surface area (TPSA) is 97.6 Å². The molecule has 1 aromatic heterocycles. The highest BCUT2D eigenvalue weighted by atomic mass is 32.2. The molecule has 0 amide bonds. The van der Waals surface area contributed by atoms with Gasteiger partial charge in [0.05, 0.1) is 31.3 Å². The Bertz CT molecular complexity index is 1220. The summed E-state index contributed by atoms with van der Waals surface area (Å²) in [6.45, 7) is 1.25. The van der Waals surface area contributed by atoms with E-state index in [0.29, 0.717) is 18.8 Å². The minimum absolute atomic E-state index is 0.0879. The van der Waals surface area contributed by atoms with Gasteiger partial charge in [-0.15, -0.1) is 5.10 Å². The summed E-state index contributed by atoms with van der Waals surface area (Å²) in [5.41, 5.74) is 2.30. The van der Waals surface area contributed by atoms with Crippen LogP contribution >= 0.6 is 0 Å². The standard InChI is InChI=1S/C23H26FN5O4S/c1-33-23(30)22-17-27(11-12-34(31,32)29(22)14-18-5-3-2-4-6-18)15-21-16-28(26-25-21)13-19-7-9-20(24)10-8-19/h2-10,16,22H,11-15,17H2,1H3. The molecule has 180 valence electrons. The molecule has 0 radical (unpaired) electrons. The fourth-order valence-electron chi connectivity index (χ4n) is 3.92. The summed E-state index contributed by atoms with van der Waals surface area (Å²) in [5.74, 6) is -1.04. The summed E-state index contributed by atoms with van der Waals surface area (Å²) in [4.78, 5) is 14.5. The molecule has 0 bridgehead atoms. The van der Waals surface area contributed by atoms with E-state index in [1.54, 1.807) is 23.0 Å². The van der Waals surface area contributed by atoms with Crippen molar-refractivity contribution in [2.24, 2.45) is 0 Å². The van der Waals surface area contributed by atoms with Gasteiger partial charge in [-0.2, -0.15) is 4.31 Å². The van der Waals surface area contributed by atoms with Crippen LogP contribution in [0.15, 0.2) is 60.8 Å². The molecule has 1 unspecified atom stereocenters. The number of hydrogen-bond acceptors (Lipinski definition) is 7. The second-order valence-corrected chi connectivity index (χ2v) is 10.2. The Morgan fingerprint density at radius 3 is 2.47 bits per heavy atom. The average molecular weight is 488 g/mol. The monoisotopic (exact) mass is 487 g/mol. The summed E-state index contributed by atoms with van der Waals surface area (Å²) >= 11 is 0. The molecule has 2 heterocycles. The van der Waals surface area contributed by atoms with Gasteiger partial charge < -0.3 is 4.74 Å². The normalized spacial score (nSPS) is 18.9. The molecule has 1 atom stereocenters. The number of hydrogen-bond donors (Lipinski definition) is 0. The Hall–Kier alpha value is -3.15. The van der Waals surface area contributed by atoms with E-state index in [1.165, 1.54) is 23.5 Å². The van der Waals surface area contributed by atoms with E-state index in [1.807, 2.05) is 35.2 Å². The Kier molecular flexibility index (Phi) is 7.35. The van der Waals surface area contributed by atoms with Crippen LogP contribution in [-0.2, 0) is 39.2 Å². The van der Waals surface area contributed by atoms with Crippen molar-refractivity contribution in [3.05, 3.63) is 83.4 Å². The van der Waals surface area contributed by atoms with Gasteiger partial charge in [-0.3, -0.25) is 9.69 Å². The number of esters is 1. The molecule has 11 heteroatoms. The summed E-state index contributed by atoms with van der Waals surface area (Å²) in [6.07, 6.45) is 1.76. The second-order valence-electron chi connectivity index (χ2n) is 8.15. The van der Waals surface area contributed by atoms with E-state index in [0.717, 1.165) is 11.1 Å².